The van der Waals surface area contributed by atoms with Crippen molar-refractivity contribution >= 4 is 23.4 Å². The fourth-order valence-corrected chi connectivity index (χ4v) is 3.28. The molecule has 1 atom stereocenters. The highest BCUT2D eigenvalue weighted by Gasteiger charge is 2.33. The minimum absolute atomic E-state index is 0.112. The molecule has 3 amide bonds. The van der Waals surface area contributed by atoms with Gasteiger partial charge in [-0.2, -0.15) is 0 Å². The summed E-state index contributed by atoms with van der Waals surface area (Å²) >= 11 is 0. The molecule has 0 radical (unpaired) electrons. The van der Waals surface area contributed by atoms with Crippen molar-refractivity contribution in [3.63, 3.8) is 0 Å². The van der Waals surface area contributed by atoms with Crippen LogP contribution in [0.25, 0.3) is 11.1 Å². The van der Waals surface area contributed by atoms with E-state index in [1.807, 2.05) is 18.2 Å². The van der Waals surface area contributed by atoms with Crippen molar-refractivity contribution in [2.75, 3.05) is 18.4 Å². The van der Waals surface area contributed by atoms with Gasteiger partial charge < -0.3 is 15.5 Å². The molecule has 1 aliphatic rings. The van der Waals surface area contributed by atoms with Crippen LogP contribution in [0.3, 0.4) is 0 Å². The van der Waals surface area contributed by atoms with Gasteiger partial charge in [0.2, 0.25) is 17.7 Å². The zero-order chi connectivity index (χ0) is 20.1. The summed E-state index contributed by atoms with van der Waals surface area (Å²) in [5, 5.41) is 5.33. The number of likely N-dealkylation sites (tertiary alicyclic amines) is 1. The van der Waals surface area contributed by atoms with Gasteiger partial charge in [-0.25, -0.2) is 4.39 Å². The molecule has 1 unspecified atom stereocenters. The molecule has 6 nitrogen and oxygen atoms in total. The molecular weight excluding hydrogens is 361 g/mol. The summed E-state index contributed by atoms with van der Waals surface area (Å²) < 4.78 is 13.1. The number of hydrogen-bond acceptors (Lipinski definition) is 3. The number of carbonyl (C=O) groups excluding carboxylic acids is 3. The smallest absolute Gasteiger partial charge is 0.247 e. The Bertz CT molecular complexity index is 883. The quantitative estimate of drug-likeness (QED) is 0.833. The van der Waals surface area contributed by atoms with Gasteiger partial charge in [0, 0.05) is 19.2 Å². The van der Waals surface area contributed by atoms with Crippen molar-refractivity contribution in [3.05, 3.63) is 54.3 Å². The van der Waals surface area contributed by atoms with Crippen LogP contribution >= 0.6 is 0 Å². The zero-order valence-electron chi connectivity index (χ0n) is 15.6. The van der Waals surface area contributed by atoms with Gasteiger partial charge in [-0.15, -0.1) is 0 Å². The molecule has 0 aromatic heterocycles. The zero-order valence-corrected chi connectivity index (χ0v) is 15.6. The summed E-state index contributed by atoms with van der Waals surface area (Å²) in [7, 11) is 0. The number of rotatable bonds is 5. The van der Waals surface area contributed by atoms with Crippen molar-refractivity contribution in [1.29, 1.82) is 0 Å². The minimum atomic E-state index is -0.560. The Balaban J connectivity index is 1.68. The third-order valence-corrected chi connectivity index (χ3v) is 4.67. The van der Waals surface area contributed by atoms with Crippen LogP contribution in [0.1, 0.15) is 19.8 Å². The topological polar surface area (TPSA) is 78.5 Å². The van der Waals surface area contributed by atoms with Gasteiger partial charge >= 0.3 is 0 Å². The molecule has 2 N–H and O–H groups in total. The average molecular weight is 383 g/mol. The third kappa shape index (κ3) is 4.73. The Labute approximate surface area is 162 Å². The first kappa shape index (κ1) is 19.5. The second-order valence-electron chi connectivity index (χ2n) is 6.73. The molecule has 1 saturated heterocycles. The van der Waals surface area contributed by atoms with Crippen LogP contribution in [-0.2, 0) is 14.4 Å². The maximum atomic E-state index is 13.1. The summed E-state index contributed by atoms with van der Waals surface area (Å²) in [5.74, 6) is -1.12. The van der Waals surface area contributed by atoms with E-state index in [1.54, 1.807) is 18.2 Å². The Morgan fingerprint density at radius 1 is 1.11 bits per heavy atom. The SMILES string of the molecule is CC(=O)NCC(=O)N1CCCC1C(=O)Nc1cccc(-c2ccc(F)cc2)c1. The molecule has 1 heterocycles. The molecule has 1 aliphatic heterocycles. The van der Waals surface area contributed by atoms with E-state index in [-0.39, 0.29) is 30.1 Å². The summed E-state index contributed by atoms with van der Waals surface area (Å²) in [6.45, 7) is 1.72. The molecule has 1 fully saturated rings. The lowest BCUT2D eigenvalue weighted by molar-refractivity contribution is -0.136. The summed E-state index contributed by atoms with van der Waals surface area (Å²) in [6, 6.07) is 12.8. The number of halogens is 1. The highest BCUT2D eigenvalue weighted by atomic mass is 19.1. The summed E-state index contributed by atoms with van der Waals surface area (Å²) in [5.41, 5.74) is 2.29. The number of amides is 3. The first-order chi connectivity index (χ1) is 13.4. The Morgan fingerprint density at radius 2 is 1.86 bits per heavy atom. The fraction of sp³-hybridized carbons (Fsp3) is 0.286. The highest BCUT2D eigenvalue weighted by Crippen LogP contribution is 2.24. The minimum Gasteiger partial charge on any atom is -0.347 e. The number of benzene rings is 2. The van der Waals surface area contributed by atoms with Gasteiger partial charge in [0.05, 0.1) is 6.54 Å². The standard InChI is InChI=1S/C21H22FN3O3/c1-14(26)23-13-20(27)25-11-3-6-19(25)21(28)24-18-5-2-4-16(12-18)15-7-9-17(22)10-8-15/h2,4-5,7-10,12,19H,3,6,11,13H2,1H3,(H,23,26)(H,24,28). The summed E-state index contributed by atoms with van der Waals surface area (Å²) in [4.78, 5) is 37.5. The lowest BCUT2D eigenvalue weighted by Crippen LogP contribution is -2.46. The Hall–Kier alpha value is -3.22. The van der Waals surface area contributed by atoms with E-state index in [0.29, 0.717) is 18.7 Å². The van der Waals surface area contributed by atoms with Crippen molar-refractivity contribution in [2.45, 2.75) is 25.8 Å². The molecule has 2 aromatic rings. The number of hydrogen-bond donors (Lipinski definition) is 2. The molecule has 146 valence electrons. The number of nitrogens with one attached hydrogen (secondary N) is 2. The van der Waals surface area contributed by atoms with Gasteiger partial charge in [0.25, 0.3) is 0 Å². The van der Waals surface area contributed by atoms with Crippen molar-refractivity contribution in [2.24, 2.45) is 0 Å². The van der Waals surface area contributed by atoms with Crippen LogP contribution in [0.4, 0.5) is 10.1 Å². The second kappa shape index (κ2) is 8.65. The lowest BCUT2D eigenvalue weighted by Gasteiger charge is -2.24. The molecule has 3 rings (SSSR count). The highest BCUT2D eigenvalue weighted by molar-refractivity contribution is 5.98. The van der Waals surface area contributed by atoms with Crippen molar-refractivity contribution < 1.29 is 18.8 Å². The van der Waals surface area contributed by atoms with Gasteiger partial charge in [-0.05, 0) is 48.2 Å². The van der Waals surface area contributed by atoms with Crippen LogP contribution < -0.4 is 10.6 Å². The fourth-order valence-electron chi connectivity index (χ4n) is 3.28. The molecule has 7 heteroatoms. The molecule has 2 aromatic carbocycles. The van der Waals surface area contributed by atoms with Crippen LogP contribution in [-0.4, -0.2) is 41.8 Å². The lowest BCUT2D eigenvalue weighted by atomic mass is 10.0. The monoisotopic (exact) mass is 383 g/mol. The van der Waals surface area contributed by atoms with Crippen molar-refractivity contribution in [3.8, 4) is 11.1 Å². The van der Waals surface area contributed by atoms with Gasteiger partial charge in [-0.1, -0.05) is 24.3 Å². The number of carbonyl (C=O) groups is 3. The van der Waals surface area contributed by atoms with Gasteiger partial charge in [0.1, 0.15) is 11.9 Å². The largest absolute Gasteiger partial charge is 0.347 e. The Morgan fingerprint density at radius 3 is 2.57 bits per heavy atom. The normalized spacial score (nSPS) is 15.9. The average Bonchev–Trinajstić information content (AvgIpc) is 3.17. The number of nitrogens with zero attached hydrogens (tertiary/aromatic N) is 1. The predicted molar refractivity (Wildman–Crippen MR) is 104 cm³/mol. The van der Waals surface area contributed by atoms with E-state index in [9.17, 15) is 18.8 Å². The Kier molecular flexibility index (Phi) is 6.03. The van der Waals surface area contributed by atoms with E-state index >= 15 is 0 Å². The van der Waals surface area contributed by atoms with E-state index < -0.39 is 6.04 Å². The van der Waals surface area contributed by atoms with E-state index in [4.69, 9.17) is 0 Å². The molecule has 0 spiro atoms. The predicted octanol–water partition coefficient (Wildman–Crippen LogP) is 2.56. The third-order valence-electron chi connectivity index (χ3n) is 4.67. The maximum absolute atomic E-state index is 13.1. The second-order valence-corrected chi connectivity index (χ2v) is 6.73. The van der Waals surface area contributed by atoms with Gasteiger partial charge in [-0.3, -0.25) is 14.4 Å². The van der Waals surface area contributed by atoms with E-state index in [1.165, 1.54) is 24.0 Å². The van der Waals surface area contributed by atoms with Crippen molar-refractivity contribution in [1.82, 2.24) is 10.2 Å². The molecular formula is C21H22FN3O3. The first-order valence-electron chi connectivity index (χ1n) is 9.15. The number of anilines is 1. The van der Waals surface area contributed by atoms with Crippen LogP contribution in [0.5, 0.6) is 0 Å². The maximum Gasteiger partial charge on any atom is 0.247 e. The van der Waals surface area contributed by atoms with Crippen LogP contribution in [0.15, 0.2) is 48.5 Å². The van der Waals surface area contributed by atoms with E-state index in [2.05, 4.69) is 10.6 Å². The molecule has 0 aliphatic carbocycles. The molecule has 28 heavy (non-hydrogen) atoms. The first-order valence-corrected chi connectivity index (χ1v) is 9.15. The van der Waals surface area contributed by atoms with Gasteiger partial charge in [0.15, 0.2) is 0 Å². The summed E-state index contributed by atoms with van der Waals surface area (Å²) in [6.07, 6.45) is 1.31. The van der Waals surface area contributed by atoms with Crippen LogP contribution in [0.2, 0.25) is 0 Å². The van der Waals surface area contributed by atoms with Crippen LogP contribution in [0, 0.1) is 5.82 Å². The van der Waals surface area contributed by atoms with E-state index in [0.717, 1.165) is 17.5 Å². The molecule has 0 bridgehead atoms. The molecule has 0 saturated carbocycles.